The Morgan fingerprint density at radius 1 is 1.47 bits per heavy atom. The zero-order chi connectivity index (χ0) is 14.6. The minimum atomic E-state index is -0.720. The summed E-state index contributed by atoms with van der Waals surface area (Å²) in [7, 11) is 0. The number of halogens is 1. The summed E-state index contributed by atoms with van der Waals surface area (Å²) in [5, 5.41) is 2.52. The van der Waals surface area contributed by atoms with Crippen LogP contribution in [-0.4, -0.2) is 11.8 Å². The molecule has 0 fully saturated rings. The van der Waals surface area contributed by atoms with E-state index < -0.39 is 11.7 Å². The first-order valence-electron chi connectivity index (χ1n) is 5.86. The fourth-order valence-electron chi connectivity index (χ4n) is 1.71. The van der Waals surface area contributed by atoms with Gasteiger partial charge in [-0.25, -0.2) is 4.39 Å². The molecule has 1 unspecified atom stereocenters. The highest BCUT2D eigenvalue weighted by Crippen LogP contribution is 2.19. The molecule has 3 N–H and O–H groups in total. The Balaban J connectivity index is 2.92. The van der Waals surface area contributed by atoms with Crippen molar-refractivity contribution in [1.29, 1.82) is 0 Å². The monoisotopic (exact) mass is 264 g/mol. The van der Waals surface area contributed by atoms with Crippen LogP contribution in [0.1, 0.15) is 30.6 Å². The van der Waals surface area contributed by atoms with Crippen LogP contribution < -0.4 is 11.1 Å². The van der Waals surface area contributed by atoms with E-state index in [-0.39, 0.29) is 23.1 Å². The molecule has 0 heterocycles. The van der Waals surface area contributed by atoms with Gasteiger partial charge in [-0.15, -0.1) is 6.58 Å². The highest BCUT2D eigenvalue weighted by molar-refractivity contribution is 6.03. The molecular weight excluding hydrogens is 247 g/mol. The van der Waals surface area contributed by atoms with Gasteiger partial charge in [0.1, 0.15) is 5.82 Å². The van der Waals surface area contributed by atoms with Crippen LogP contribution in [0.5, 0.6) is 0 Å². The first-order chi connectivity index (χ1) is 8.81. The van der Waals surface area contributed by atoms with Gasteiger partial charge in [-0.05, 0) is 31.5 Å². The summed E-state index contributed by atoms with van der Waals surface area (Å²) >= 11 is 0. The zero-order valence-corrected chi connectivity index (χ0v) is 11.0. The van der Waals surface area contributed by atoms with E-state index in [1.165, 1.54) is 6.07 Å². The summed E-state index contributed by atoms with van der Waals surface area (Å²) in [6, 6.07) is 3.44. The minimum Gasteiger partial charge on any atom is -0.366 e. The van der Waals surface area contributed by atoms with Crippen LogP contribution >= 0.6 is 0 Å². The molecule has 0 saturated carbocycles. The van der Waals surface area contributed by atoms with Gasteiger partial charge in [-0.3, -0.25) is 9.59 Å². The summed E-state index contributed by atoms with van der Waals surface area (Å²) in [6.07, 6.45) is 0.521. The molecule has 0 saturated heterocycles. The number of hydrogen-bond acceptors (Lipinski definition) is 2. The molecule has 1 aromatic rings. The minimum absolute atomic E-state index is 0.0808. The summed E-state index contributed by atoms with van der Waals surface area (Å²) in [5.41, 5.74) is 6.21. The smallest absolute Gasteiger partial charge is 0.250 e. The van der Waals surface area contributed by atoms with E-state index in [0.717, 1.165) is 17.7 Å². The van der Waals surface area contributed by atoms with E-state index in [2.05, 4.69) is 11.9 Å². The highest BCUT2D eigenvalue weighted by Gasteiger charge is 2.16. The third-order valence-corrected chi connectivity index (χ3v) is 2.61. The predicted octanol–water partition coefficient (Wildman–Crippen LogP) is 2.47. The van der Waals surface area contributed by atoms with Crippen molar-refractivity contribution < 1.29 is 14.0 Å². The number of primary amides is 1. The standard InChI is InChI=1S/C14H17FN2O2/c1-8(2)6-9(3)14(19)17-12-7-10(15)4-5-11(12)13(16)18/h4-5,7,9H,1,6H2,2-3H3,(H2,16,18)(H,17,19). The second-order valence-corrected chi connectivity index (χ2v) is 4.61. The average molecular weight is 264 g/mol. The summed E-state index contributed by atoms with van der Waals surface area (Å²) in [4.78, 5) is 23.1. The predicted molar refractivity (Wildman–Crippen MR) is 72.1 cm³/mol. The van der Waals surface area contributed by atoms with Crippen LogP contribution in [0.25, 0.3) is 0 Å². The molecule has 1 aromatic carbocycles. The number of rotatable bonds is 5. The third-order valence-electron chi connectivity index (χ3n) is 2.61. The largest absolute Gasteiger partial charge is 0.366 e. The quantitative estimate of drug-likeness (QED) is 0.802. The number of amides is 2. The first kappa shape index (κ1) is 14.9. The lowest BCUT2D eigenvalue weighted by atomic mass is 10.0. The van der Waals surface area contributed by atoms with E-state index in [0.29, 0.717) is 6.42 Å². The van der Waals surface area contributed by atoms with Crippen LogP contribution in [-0.2, 0) is 4.79 Å². The number of anilines is 1. The molecule has 1 rings (SSSR count). The lowest BCUT2D eigenvalue weighted by Crippen LogP contribution is -2.23. The van der Waals surface area contributed by atoms with E-state index in [4.69, 9.17) is 5.73 Å². The topological polar surface area (TPSA) is 72.2 Å². The van der Waals surface area contributed by atoms with Crippen molar-refractivity contribution >= 4 is 17.5 Å². The molecule has 1 atom stereocenters. The molecule has 0 radical (unpaired) electrons. The van der Waals surface area contributed by atoms with E-state index in [9.17, 15) is 14.0 Å². The van der Waals surface area contributed by atoms with Crippen LogP contribution in [0.15, 0.2) is 30.4 Å². The van der Waals surface area contributed by atoms with Gasteiger partial charge in [0.15, 0.2) is 0 Å². The SMILES string of the molecule is C=C(C)CC(C)C(=O)Nc1cc(F)ccc1C(N)=O. The number of nitrogens with one attached hydrogen (secondary N) is 1. The van der Waals surface area contributed by atoms with Gasteiger partial charge in [-0.1, -0.05) is 12.5 Å². The van der Waals surface area contributed by atoms with Gasteiger partial charge in [0, 0.05) is 5.92 Å². The van der Waals surface area contributed by atoms with Crippen LogP contribution in [0.3, 0.4) is 0 Å². The fraction of sp³-hybridized carbons (Fsp3) is 0.286. The zero-order valence-electron chi connectivity index (χ0n) is 11.0. The molecule has 102 valence electrons. The number of hydrogen-bond donors (Lipinski definition) is 2. The Bertz CT molecular complexity index is 526. The molecule has 4 nitrogen and oxygen atoms in total. The fourth-order valence-corrected chi connectivity index (χ4v) is 1.71. The number of carbonyl (C=O) groups is 2. The molecule has 2 amide bonds. The highest BCUT2D eigenvalue weighted by atomic mass is 19.1. The molecule has 0 aliphatic heterocycles. The molecule has 0 spiro atoms. The molecule has 19 heavy (non-hydrogen) atoms. The van der Waals surface area contributed by atoms with Gasteiger partial charge in [-0.2, -0.15) is 0 Å². The summed E-state index contributed by atoms with van der Waals surface area (Å²) < 4.78 is 13.2. The maximum absolute atomic E-state index is 13.2. The first-order valence-corrected chi connectivity index (χ1v) is 5.86. The average Bonchev–Trinajstić information content (AvgIpc) is 2.27. The lowest BCUT2D eigenvalue weighted by molar-refractivity contribution is -0.119. The Kier molecular flexibility index (Phi) is 4.80. The van der Waals surface area contributed by atoms with E-state index >= 15 is 0 Å². The van der Waals surface area contributed by atoms with Crippen molar-refractivity contribution in [2.75, 3.05) is 5.32 Å². The normalized spacial score (nSPS) is 11.7. The van der Waals surface area contributed by atoms with Crippen molar-refractivity contribution in [2.45, 2.75) is 20.3 Å². The maximum Gasteiger partial charge on any atom is 0.250 e. The van der Waals surface area contributed by atoms with Crippen molar-refractivity contribution in [3.05, 3.63) is 41.7 Å². The van der Waals surface area contributed by atoms with Gasteiger partial charge >= 0.3 is 0 Å². The van der Waals surface area contributed by atoms with Gasteiger partial charge in [0.2, 0.25) is 5.91 Å². The van der Waals surface area contributed by atoms with E-state index in [1.807, 2.05) is 6.92 Å². The molecular formula is C14H17FN2O2. The van der Waals surface area contributed by atoms with Gasteiger partial charge < -0.3 is 11.1 Å². The number of nitrogens with two attached hydrogens (primary N) is 1. The molecule has 0 bridgehead atoms. The Morgan fingerprint density at radius 2 is 2.11 bits per heavy atom. The third kappa shape index (κ3) is 4.21. The summed E-state index contributed by atoms with van der Waals surface area (Å²) in [6.45, 7) is 7.28. The van der Waals surface area contributed by atoms with Gasteiger partial charge in [0.05, 0.1) is 11.3 Å². The van der Waals surface area contributed by atoms with Crippen molar-refractivity contribution in [3.63, 3.8) is 0 Å². The lowest BCUT2D eigenvalue weighted by Gasteiger charge is -2.14. The van der Waals surface area contributed by atoms with Crippen molar-refractivity contribution in [3.8, 4) is 0 Å². The van der Waals surface area contributed by atoms with Crippen molar-refractivity contribution in [2.24, 2.45) is 11.7 Å². The molecule has 5 heteroatoms. The second-order valence-electron chi connectivity index (χ2n) is 4.61. The Labute approximate surface area is 111 Å². The number of allylic oxidation sites excluding steroid dienone is 1. The van der Waals surface area contributed by atoms with E-state index in [1.54, 1.807) is 6.92 Å². The number of carbonyl (C=O) groups excluding carboxylic acids is 2. The van der Waals surface area contributed by atoms with Crippen LogP contribution in [0.4, 0.5) is 10.1 Å². The summed E-state index contributed by atoms with van der Waals surface area (Å²) in [5.74, 6) is -1.90. The Morgan fingerprint density at radius 3 is 2.63 bits per heavy atom. The molecule has 0 aliphatic rings. The van der Waals surface area contributed by atoms with Crippen LogP contribution in [0, 0.1) is 11.7 Å². The van der Waals surface area contributed by atoms with Crippen LogP contribution in [0.2, 0.25) is 0 Å². The second kappa shape index (κ2) is 6.13. The number of benzene rings is 1. The Hall–Kier alpha value is -2.17. The van der Waals surface area contributed by atoms with Crippen molar-refractivity contribution in [1.82, 2.24) is 0 Å². The molecule has 0 aromatic heterocycles. The maximum atomic E-state index is 13.2. The van der Waals surface area contributed by atoms with Gasteiger partial charge in [0.25, 0.3) is 5.91 Å². The molecule has 0 aliphatic carbocycles.